The molecule has 1 aliphatic heterocycles. The molecule has 0 saturated carbocycles. The Morgan fingerprint density at radius 2 is 2.03 bits per heavy atom. The highest BCUT2D eigenvalue weighted by atomic mass is 32.2. The Balaban J connectivity index is 1.38. The molecule has 1 N–H and O–H groups in total. The fourth-order valence-electron chi connectivity index (χ4n) is 2.82. The fourth-order valence-corrected chi connectivity index (χ4v) is 6.78. The maximum Gasteiger partial charge on any atom is 0.265 e. The highest BCUT2D eigenvalue weighted by Gasteiger charge is 2.16. The molecular formula is C19H20N2O5S4. The molecule has 0 spiro atoms. The molecule has 0 aliphatic carbocycles. The molecule has 2 aromatic heterocycles. The van der Waals surface area contributed by atoms with Gasteiger partial charge in [0.25, 0.3) is 5.91 Å². The van der Waals surface area contributed by atoms with Gasteiger partial charge in [0.1, 0.15) is 4.21 Å². The first-order valence-electron chi connectivity index (χ1n) is 9.26. The minimum absolute atomic E-state index is 0.122. The summed E-state index contributed by atoms with van der Waals surface area (Å²) in [4.78, 5) is 17.4. The molecule has 0 atom stereocenters. The predicted molar refractivity (Wildman–Crippen MR) is 121 cm³/mol. The zero-order valence-corrected chi connectivity index (χ0v) is 19.4. The van der Waals surface area contributed by atoms with Crippen LogP contribution in [0.25, 0.3) is 10.2 Å². The SMILES string of the molecule is CS(=O)(=O)c1ccc(C(=O)Nc2ccc3nc(SCCC4OCCCO4)sc3c2)s1. The molecule has 0 unspecified atom stereocenters. The summed E-state index contributed by atoms with van der Waals surface area (Å²) in [6.45, 7) is 1.51. The third-order valence-electron chi connectivity index (χ3n) is 4.27. The second kappa shape index (κ2) is 9.33. The van der Waals surface area contributed by atoms with Crippen LogP contribution < -0.4 is 5.32 Å². The molecule has 0 radical (unpaired) electrons. The fraction of sp³-hybridized carbons (Fsp3) is 0.368. The molecule has 3 aromatic rings. The number of carbonyl (C=O) groups is 1. The number of aromatic nitrogens is 1. The van der Waals surface area contributed by atoms with E-state index in [4.69, 9.17) is 9.47 Å². The number of anilines is 1. The van der Waals surface area contributed by atoms with Crippen LogP contribution in [0, 0.1) is 0 Å². The number of nitrogens with zero attached hydrogens (tertiary/aromatic N) is 1. The Hall–Kier alpha value is -1.50. The average molecular weight is 485 g/mol. The smallest absolute Gasteiger partial charge is 0.265 e. The van der Waals surface area contributed by atoms with Crippen molar-refractivity contribution in [1.29, 1.82) is 0 Å². The summed E-state index contributed by atoms with van der Waals surface area (Å²) in [5.74, 6) is 0.524. The topological polar surface area (TPSA) is 94.6 Å². The minimum atomic E-state index is -3.32. The Morgan fingerprint density at radius 1 is 1.23 bits per heavy atom. The van der Waals surface area contributed by atoms with Crippen molar-refractivity contribution >= 4 is 66.1 Å². The van der Waals surface area contributed by atoms with Crippen molar-refractivity contribution < 1.29 is 22.7 Å². The Bertz CT molecular complexity index is 1150. The first-order chi connectivity index (χ1) is 14.4. The van der Waals surface area contributed by atoms with Crippen LogP contribution in [0.1, 0.15) is 22.5 Å². The van der Waals surface area contributed by atoms with Gasteiger partial charge in [0.15, 0.2) is 20.5 Å². The zero-order chi connectivity index (χ0) is 21.1. The highest BCUT2D eigenvalue weighted by Crippen LogP contribution is 2.32. The van der Waals surface area contributed by atoms with Crippen LogP contribution in [0.4, 0.5) is 5.69 Å². The maximum atomic E-state index is 12.5. The molecule has 1 aliphatic rings. The van der Waals surface area contributed by atoms with Crippen molar-refractivity contribution in [2.45, 2.75) is 27.7 Å². The van der Waals surface area contributed by atoms with E-state index in [1.54, 1.807) is 29.2 Å². The lowest BCUT2D eigenvalue weighted by atomic mass is 10.3. The minimum Gasteiger partial charge on any atom is -0.353 e. The standard InChI is InChI=1S/C19H20N2O5S4/c1-30(23,24)17-6-5-14(28-17)18(22)20-12-3-4-13-15(11-12)29-19(21-13)27-10-7-16-25-8-2-9-26-16/h3-6,11,16H,2,7-10H2,1H3,(H,20,22). The number of nitrogens with one attached hydrogen (secondary N) is 1. The number of hydrogen-bond acceptors (Lipinski definition) is 9. The van der Waals surface area contributed by atoms with Crippen LogP contribution in [0.2, 0.25) is 0 Å². The van der Waals surface area contributed by atoms with Gasteiger partial charge in [-0.2, -0.15) is 0 Å². The number of thiazole rings is 1. The van der Waals surface area contributed by atoms with Crippen LogP contribution in [0.5, 0.6) is 0 Å². The Labute approximate surface area is 186 Å². The molecule has 0 bridgehead atoms. The summed E-state index contributed by atoms with van der Waals surface area (Å²) < 4.78 is 36.4. The van der Waals surface area contributed by atoms with Crippen LogP contribution in [-0.4, -0.2) is 50.8 Å². The van der Waals surface area contributed by atoms with Gasteiger partial charge in [0, 0.05) is 24.1 Å². The molecule has 1 amide bonds. The van der Waals surface area contributed by atoms with Crippen LogP contribution >= 0.6 is 34.4 Å². The number of sulfone groups is 1. The molecular weight excluding hydrogens is 464 g/mol. The molecule has 1 saturated heterocycles. The van der Waals surface area contributed by atoms with E-state index in [0.29, 0.717) is 10.6 Å². The first-order valence-corrected chi connectivity index (χ1v) is 13.8. The third-order valence-corrected chi connectivity index (χ3v) is 9.37. The van der Waals surface area contributed by atoms with Gasteiger partial charge in [-0.05, 0) is 36.8 Å². The van der Waals surface area contributed by atoms with Gasteiger partial charge in [-0.25, -0.2) is 13.4 Å². The number of amides is 1. The van der Waals surface area contributed by atoms with E-state index in [0.717, 1.165) is 64.0 Å². The van der Waals surface area contributed by atoms with Crippen molar-refractivity contribution in [3.63, 3.8) is 0 Å². The van der Waals surface area contributed by atoms with Crippen molar-refractivity contribution in [3.05, 3.63) is 35.2 Å². The van der Waals surface area contributed by atoms with E-state index >= 15 is 0 Å². The number of carbonyl (C=O) groups excluding carboxylic acids is 1. The largest absolute Gasteiger partial charge is 0.353 e. The van der Waals surface area contributed by atoms with Gasteiger partial charge in [-0.1, -0.05) is 11.8 Å². The number of thioether (sulfide) groups is 1. The van der Waals surface area contributed by atoms with Crippen molar-refractivity contribution in [1.82, 2.24) is 4.98 Å². The molecule has 11 heteroatoms. The van der Waals surface area contributed by atoms with E-state index in [9.17, 15) is 13.2 Å². The quantitative estimate of drug-likeness (QED) is 0.501. The monoisotopic (exact) mass is 484 g/mol. The van der Waals surface area contributed by atoms with Gasteiger partial charge in [-0.15, -0.1) is 22.7 Å². The van der Waals surface area contributed by atoms with Gasteiger partial charge in [0.05, 0.1) is 28.3 Å². The van der Waals surface area contributed by atoms with Crippen molar-refractivity contribution in [3.8, 4) is 0 Å². The molecule has 3 heterocycles. The van der Waals surface area contributed by atoms with Crippen molar-refractivity contribution in [2.24, 2.45) is 0 Å². The number of fused-ring (bicyclic) bond motifs is 1. The summed E-state index contributed by atoms with van der Waals surface area (Å²) in [6.07, 6.45) is 2.77. The average Bonchev–Trinajstić information content (AvgIpc) is 3.35. The van der Waals surface area contributed by atoms with E-state index in [1.807, 2.05) is 12.1 Å². The van der Waals surface area contributed by atoms with E-state index in [-0.39, 0.29) is 16.4 Å². The normalized spacial score (nSPS) is 15.5. The summed E-state index contributed by atoms with van der Waals surface area (Å²) in [6, 6.07) is 8.52. The van der Waals surface area contributed by atoms with Crippen LogP contribution in [-0.2, 0) is 19.3 Å². The number of thiophene rings is 1. The molecule has 30 heavy (non-hydrogen) atoms. The molecule has 1 fully saturated rings. The summed E-state index contributed by atoms with van der Waals surface area (Å²) in [5, 5.41) is 2.83. The van der Waals surface area contributed by atoms with Gasteiger partial charge >= 0.3 is 0 Å². The van der Waals surface area contributed by atoms with E-state index < -0.39 is 9.84 Å². The highest BCUT2D eigenvalue weighted by molar-refractivity contribution is 8.01. The molecule has 4 rings (SSSR count). The van der Waals surface area contributed by atoms with E-state index in [1.165, 1.54) is 12.1 Å². The van der Waals surface area contributed by atoms with Crippen LogP contribution in [0.3, 0.4) is 0 Å². The second-order valence-corrected chi connectivity index (χ2v) is 12.4. The summed E-state index contributed by atoms with van der Waals surface area (Å²) in [5.41, 5.74) is 1.52. The Kier molecular flexibility index (Phi) is 6.75. The summed E-state index contributed by atoms with van der Waals surface area (Å²) in [7, 11) is -3.32. The Morgan fingerprint density at radius 3 is 2.77 bits per heavy atom. The van der Waals surface area contributed by atoms with Gasteiger partial charge < -0.3 is 14.8 Å². The zero-order valence-electron chi connectivity index (χ0n) is 16.1. The molecule has 7 nitrogen and oxygen atoms in total. The lowest BCUT2D eigenvalue weighted by molar-refractivity contribution is -0.178. The molecule has 1 aromatic carbocycles. The second-order valence-electron chi connectivity index (χ2n) is 6.67. The summed E-state index contributed by atoms with van der Waals surface area (Å²) >= 11 is 4.20. The molecule has 160 valence electrons. The van der Waals surface area contributed by atoms with Crippen molar-refractivity contribution in [2.75, 3.05) is 30.5 Å². The lowest BCUT2D eigenvalue weighted by Gasteiger charge is -2.22. The number of rotatable bonds is 7. The number of hydrogen-bond donors (Lipinski definition) is 1. The lowest BCUT2D eigenvalue weighted by Crippen LogP contribution is -2.25. The predicted octanol–water partition coefficient (Wildman–Crippen LogP) is 4.26. The van der Waals surface area contributed by atoms with Gasteiger partial charge in [-0.3, -0.25) is 4.79 Å². The van der Waals surface area contributed by atoms with Gasteiger partial charge in [0.2, 0.25) is 0 Å². The number of ether oxygens (including phenoxy) is 2. The van der Waals surface area contributed by atoms with Crippen LogP contribution in [0.15, 0.2) is 38.9 Å². The van der Waals surface area contributed by atoms with E-state index in [2.05, 4.69) is 10.3 Å². The third kappa shape index (κ3) is 5.40. The number of benzene rings is 1. The first kappa shape index (κ1) is 21.7. The maximum absolute atomic E-state index is 12.5.